The zero-order valence-corrected chi connectivity index (χ0v) is 12.0. The summed E-state index contributed by atoms with van der Waals surface area (Å²) in [6, 6.07) is 5.58. The van der Waals surface area contributed by atoms with Crippen LogP contribution in [0.5, 0.6) is 0 Å². The van der Waals surface area contributed by atoms with Crippen molar-refractivity contribution >= 4 is 17.2 Å². The summed E-state index contributed by atoms with van der Waals surface area (Å²) in [6.07, 6.45) is 2.31. The normalized spacial score (nSPS) is 9.90. The minimum absolute atomic E-state index is 0.0783. The van der Waals surface area contributed by atoms with Gasteiger partial charge in [-0.3, -0.25) is 4.79 Å². The molecule has 0 saturated heterocycles. The summed E-state index contributed by atoms with van der Waals surface area (Å²) in [5, 5.41) is 2.87. The first kappa shape index (κ1) is 14.4. The number of carbonyl (C=O) groups is 1. The second-order valence-corrected chi connectivity index (χ2v) is 5.27. The zero-order valence-electron chi connectivity index (χ0n) is 11.2. The van der Waals surface area contributed by atoms with Crippen LogP contribution in [0.3, 0.4) is 0 Å². The van der Waals surface area contributed by atoms with Gasteiger partial charge < -0.3 is 15.5 Å². The van der Waals surface area contributed by atoms with Gasteiger partial charge in [0.15, 0.2) is 0 Å². The summed E-state index contributed by atoms with van der Waals surface area (Å²) in [5.74, 6) is 6.56. The van der Waals surface area contributed by atoms with E-state index >= 15 is 0 Å². The van der Waals surface area contributed by atoms with E-state index in [4.69, 9.17) is 10.2 Å². The Morgan fingerprint density at radius 2 is 2.40 bits per heavy atom. The number of rotatable bonds is 4. The summed E-state index contributed by atoms with van der Waals surface area (Å²) in [6.45, 7) is 2.81. The Morgan fingerprint density at radius 3 is 3.10 bits per heavy atom. The summed E-state index contributed by atoms with van der Waals surface area (Å²) in [4.78, 5) is 13.6. The number of amides is 1. The van der Waals surface area contributed by atoms with Crippen molar-refractivity contribution in [2.24, 2.45) is 5.73 Å². The van der Waals surface area contributed by atoms with Crippen molar-refractivity contribution in [3.05, 3.63) is 45.5 Å². The summed E-state index contributed by atoms with van der Waals surface area (Å²) in [7, 11) is 0. The van der Waals surface area contributed by atoms with Gasteiger partial charge in [0.05, 0.1) is 22.6 Å². The molecule has 5 heteroatoms. The summed E-state index contributed by atoms with van der Waals surface area (Å²) < 4.78 is 5.21. The maximum atomic E-state index is 12.0. The first-order valence-corrected chi connectivity index (χ1v) is 7.12. The van der Waals surface area contributed by atoms with Crippen LogP contribution in [0.2, 0.25) is 0 Å². The monoisotopic (exact) mass is 288 g/mol. The minimum atomic E-state index is -0.0783. The van der Waals surface area contributed by atoms with Gasteiger partial charge in [-0.1, -0.05) is 11.8 Å². The molecule has 0 radical (unpaired) electrons. The number of aryl methyl sites for hydroxylation is 1. The first-order valence-electron chi connectivity index (χ1n) is 6.30. The van der Waals surface area contributed by atoms with Gasteiger partial charge in [0.1, 0.15) is 5.76 Å². The molecule has 2 aromatic rings. The molecule has 2 heterocycles. The van der Waals surface area contributed by atoms with Gasteiger partial charge >= 0.3 is 0 Å². The Balaban J connectivity index is 1.92. The molecule has 0 bridgehead atoms. The fourth-order valence-electron chi connectivity index (χ4n) is 1.69. The molecule has 2 aromatic heterocycles. The predicted molar refractivity (Wildman–Crippen MR) is 79.7 cm³/mol. The number of nitrogens with two attached hydrogens (primary N) is 1. The molecule has 0 atom stereocenters. The molecule has 4 nitrogen and oxygen atoms in total. The number of hydrogen-bond acceptors (Lipinski definition) is 4. The van der Waals surface area contributed by atoms with E-state index < -0.39 is 0 Å². The lowest BCUT2D eigenvalue weighted by Crippen LogP contribution is -2.24. The molecule has 3 N–H and O–H groups in total. The Labute approximate surface area is 122 Å². The van der Waals surface area contributed by atoms with E-state index in [0.717, 1.165) is 16.2 Å². The lowest BCUT2D eigenvalue weighted by atomic mass is 10.2. The zero-order chi connectivity index (χ0) is 14.4. The fraction of sp³-hybridized carbons (Fsp3) is 0.267. The Kier molecular flexibility index (Phi) is 4.99. The number of furan rings is 1. The maximum absolute atomic E-state index is 12.0. The van der Waals surface area contributed by atoms with Crippen LogP contribution >= 0.6 is 11.3 Å². The number of thiophene rings is 1. The van der Waals surface area contributed by atoms with Crippen molar-refractivity contribution in [1.29, 1.82) is 0 Å². The van der Waals surface area contributed by atoms with Crippen LogP contribution in [-0.2, 0) is 6.42 Å². The molecule has 0 aliphatic carbocycles. The van der Waals surface area contributed by atoms with Crippen LogP contribution in [0.1, 0.15) is 25.9 Å². The number of carbonyl (C=O) groups excluding carboxylic acids is 1. The molecule has 0 fully saturated rings. The third-order valence-corrected chi connectivity index (χ3v) is 3.83. The average Bonchev–Trinajstić information content (AvgIpc) is 3.06. The van der Waals surface area contributed by atoms with Crippen LogP contribution in [0.15, 0.2) is 28.9 Å². The summed E-state index contributed by atoms with van der Waals surface area (Å²) >= 11 is 1.39. The predicted octanol–water partition coefficient (Wildman–Crippen LogP) is 1.93. The Morgan fingerprint density at radius 1 is 1.55 bits per heavy atom. The van der Waals surface area contributed by atoms with Crippen LogP contribution in [0.25, 0.3) is 0 Å². The van der Waals surface area contributed by atoms with E-state index in [1.807, 2.05) is 25.1 Å². The van der Waals surface area contributed by atoms with Crippen molar-refractivity contribution in [3.63, 3.8) is 0 Å². The van der Waals surface area contributed by atoms with E-state index in [1.54, 1.807) is 6.26 Å². The Bertz CT molecular complexity index is 633. The van der Waals surface area contributed by atoms with Crippen LogP contribution < -0.4 is 11.1 Å². The lowest BCUT2D eigenvalue weighted by Gasteiger charge is -2.01. The van der Waals surface area contributed by atoms with Gasteiger partial charge in [0.2, 0.25) is 0 Å². The van der Waals surface area contributed by atoms with E-state index in [0.29, 0.717) is 24.4 Å². The smallest absolute Gasteiger partial charge is 0.261 e. The standard InChI is InChI=1S/C15H16N2O2S/c1-11-10-14(20-13(11)5-2-7-16)15(18)17-8-6-12-4-3-9-19-12/h3-4,9-10H,6-8,16H2,1H3,(H,17,18). The van der Waals surface area contributed by atoms with E-state index in [1.165, 1.54) is 11.3 Å². The molecule has 0 spiro atoms. The highest BCUT2D eigenvalue weighted by Gasteiger charge is 2.11. The second kappa shape index (κ2) is 6.94. The largest absolute Gasteiger partial charge is 0.469 e. The highest BCUT2D eigenvalue weighted by molar-refractivity contribution is 7.14. The fourth-order valence-corrected chi connectivity index (χ4v) is 2.65. The van der Waals surface area contributed by atoms with Crippen molar-refractivity contribution in [3.8, 4) is 11.8 Å². The molecule has 104 valence electrons. The lowest BCUT2D eigenvalue weighted by molar-refractivity contribution is 0.0957. The SMILES string of the molecule is Cc1cc(C(=O)NCCc2ccco2)sc1C#CCN. The molecule has 20 heavy (non-hydrogen) atoms. The quantitative estimate of drug-likeness (QED) is 0.845. The van der Waals surface area contributed by atoms with Gasteiger partial charge in [0, 0.05) is 13.0 Å². The van der Waals surface area contributed by atoms with Crippen molar-refractivity contribution in [2.75, 3.05) is 13.1 Å². The molecule has 1 amide bonds. The van der Waals surface area contributed by atoms with Crippen LogP contribution in [0, 0.1) is 18.8 Å². The molecule has 0 saturated carbocycles. The van der Waals surface area contributed by atoms with Crippen molar-refractivity contribution < 1.29 is 9.21 Å². The third kappa shape index (κ3) is 3.73. The maximum Gasteiger partial charge on any atom is 0.261 e. The highest BCUT2D eigenvalue weighted by atomic mass is 32.1. The third-order valence-electron chi connectivity index (χ3n) is 2.68. The second-order valence-electron chi connectivity index (χ2n) is 4.21. The average molecular weight is 288 g/mol. The molecule has 2 rings (SSSR count). The van der Waals surface area contributed by atoms with Crippen molar-refractivity contribution in [1.82, 2.24) is 5.32 Å². The summed E-state index contributed by atoms with van der Waals surface area (Å²) in [5.41, 5.74) is 6.35. The molecular formula is C15H16N2O2S. The molecular weight excluding hydrogens is 272 g/mol. The molecule has 0 unspecified atom stereocenters. The number of hydrogen-bond donors (Lipinski definition) is 2. The molecule has 0 aliphatic heterocycles. The molecule has 0 aliphatic rings. The minimum Gasteiger partial charge on any atom is -0.469 e. The van der Waals surface area contributed by atoms with Gasteiger partial charge in [0.25, 0.3) is 5.91 Å². The van der Waals surface area contributed by atoms with Crippen molar-refractivity contribution in [2.45, 2.75) is 13.3 Å². The van der Waals surface area contributed by atoms with Crippen LogP contribution in [0.4, 0.5) is 0 Å². The highest BCUT2D eigenvalue weighted by Crippen LogP contribution is 2.20. The first-order chi connectivity index (χ1) is 9.70. The van der Waals surface area contributed by atoms with Crippen LogP contribution in [-0.4, -0.2) is 19.0 Å². The molecule has 0 aromatic carbocycles. The van der Waals surface area contributed by atoms with Gasteiger partial charge in [-0.2, -0.15) is 0 Å². The van der Waals surface area contributed by atoms with Gasteiger partial charge in [-0.15, -0.1) is 11.3 Å². The van der Waals surface area contributed by atoms with E-state index in [2.05, 4.69) is 17.2 Å². The van der Waals surface area contributed by atoms with E-state index in [9.17, 15) is 4.79 Å². The number of nitrogens with one attached hydrogen (secondary N) is 1. The Hall–Kier alpha value is -2.03. The van der Waals surface area contributed by atoms with E-state index in [-0.39, 0.29) is 5.91 Å². The van der Waals surface area contributed by atoms with Gasteiger partial charge in [-0.25, -0.2) is 0 Å². The topological polar surface area (TPSA) is 68.3 Å². The van der Waals surface area contributed by atoms with Gasteiger partial charge in [-0.05, 0) is 30.7 Å².